The van der Waals surface area contributed by atoms with Gasteiger partial charge in [0, 0.05) is 57.0 Å². The lowest BCUT2D eigenvalue weighted by Crippen LogP contribution is -2.00. The van der Waals surface area contributed by atoms with E-state index < -0.39 is 0 Å². The van der Waals surface area contributed by atoms with Crippen LogP contribution in [0, 0.1) is 0 Å². The van der Waals surface area contributed by atoms with Crippen molar-refractivity contribution < 1.29 is 0 Å². The van der Waals surface area contributed by atoms with Gasteiger partial charge in [-0.05, 0) is 64.7 Å². The summed E-state index contributed by atoms with van der Waals surface area (Å²) in [7, 11) is 0. The van der Waals surface area contributed by atoms with Gasteiger partial charge in [0.05, 0.1) is 0 Å². The van der Waals surface area contributed by atoms with Crippen molar-refractivity contribution in [1.82, 2.24) is 15.0 Å². The van der Waals surface area contributed by atoms with Crippen LogP contribution >= 0.6 is 22.7 Å². The Kier molecular flexibility index (Phi) is 6.86. The van der Waals surface area contributed by atoms with E-state index in [1.807, 2.05) is 11.3 Å². The van der Waals surface area contributed by atoms with Crippen molar-refractivity contribution in [3.63, 3.8) is 0 Å². The highest BCUT2D eigenvalue weighted by molar-refractivity contribution is 7.26. The minimum Gasteiger partial charge on any atom is -0.208 e. The van der Waals surface area contributed by atoms with Gasteiger partial charge in [-0.2, -0.15) is 0 Å². The van der Waals surface area contributed by atoms with E-state index in [2.05, 4.69) is 164 Å². The van der Waals surface area contributed by atoms with E-state index in [1.54, 1.807) is 11.3 Å². The molecule has 7 aromatic carbocycles. The molecular formula is C45H27N3S2. The maximum absolute atomic E-state index is 5.18. The molecule has 0 radical (unpaired) electrons. The zero-order valence-electron chi connectivity index (χ0n) is 26.7. The number of hydrogen-bond acceptors (Lipinski definition) is 5. The molecule has 50 heavy (non-hydrogen) atoms. The molecule has 10 aromatic rings. The molecule has 234 valence electrons. The van der Waals surface area contributed by atoms with Crippen LogP contribution in [0.1, 0.15) is 0 Å². The van der Waals surface area contributed by atoms with Gasteiger partial charge in [-0.15, -0.1) is 22.7 Å². The SMILES string of the molecule is c1ccc(-c2cccc(-c3ccc(-c4nc(-c5ccc6sc7ccccc7c6c5)nc(-c5cccc6c5sc5ccccc56)n4)cc3)c2)cc1. The summed E-state index contributed by atoms with van der Waals surface area (Å²) in [6.45, 7) is 0. The first-order valence-corrected chi connectivity index (χ1v) is 18.2. The van der Waals surface area contributed by atoms with E-state index in [-0.39, 0.29) is 0 Å². The van der Waals surface area contributed by atoms with Crippen LogP contribution in [0.15, 0.2) is 164 Å². The topological polar surface area (TPSA) is 38.7 Å². The molecule has 10 rings (SSSR count). The zero-order valence-corrected chi connectivity index (χ0v) is 28.4. The Labute approximate surface area is 296 Å². The van der Waals surface area contributed by atoms with Gasteiger partial charge < -0.3 is 0 Å². The lowest BCUT2D eigenvalue weighted by atomic mass is 9.98. The Morgan fingerprint density at radius 3 is 1.60 bits per heavy atom. The highest BCUT2D eigenvalue weighted by atomic mass is 32.1. The van der Waals surface area contributed by atoms with Gasteiger partial charge in [-0.25, -0.2) is 15.0 Å². The fourth-order valence-electron chi connectivity index (χ4n) is 6.86. The highest BCUT2D eigenvalue weighted by Crippen LogP contribution is 2.40. The van der Waals surface area contributed by atoms with Crippen molar-refractivity contribution in [3.8, 4) is 56.4 Å². The molecule has 0 fully saturated rings. The molecule has 0 N–H and O–H groups in total. The van der Waals surface area contributed by atoms with E-state index in [1.165, 1.54) is 57.0 Å². The van der Waals surface area contributed by atoms with E-state index in [0.717, 1.165) is 22.3 Å². The van der Waals surface area contributed by atoms with Crippen molar-refractivity contribution in [2.24, 2.45) is 0 Å². The Morgan fingerprint density at radius 2 is 0.820 bits per heavy atom. The number of fused-ring (bicyclic) bond motifs is 6. The zero-order chi connectivity index (χ0) is 33.0. The summed E-state index contributed by atoms with van der Waals surface area (Å²) in [5.74, 6) is 2.00. The average molecular weight is 674 g/mol. The second-order valence-electron chi connectivity index (χ2n) is 12.4. The fraction of sp³-hybridized carbons (Fsp3) is 0. The summed E-state index contributed by atoms with van der Waals surface area (Å²) in [5, 5.41) is 4.96. The van der Waals surface area contributed by atoms with E-state index >= 15 is 0 Å². The smallest absolute Gasteiger partial charge is 0.165 e. The third kappa shape index (κ3) is 4.98. The first-order chi connectivity index (χ1) is 24.7. The molecule has 0 amide bonds. The van der Waals surface area contributed by atoms with E-state index in [0.29, 0.717) is 17.5 Å². The minimum atomic E-state index is 0.656. The van der Waals surface area contributed by atoms with Crippen molar-refractivity contribution in [2.45, 2.75) is 0 Å². The van der Waals surface area contributed by atoms with Gasteiger partial charge >= 0.3 is 0 Å². The summed E-state index contributed by atoms with van der Waals surface area (Å²) < 4.78 is 4.98. The summed E-state index contributed by atoms with van der Waals surface area (Å²) in [6, 6.07) is 58.0. The fourth-order valence-corrected chi connectivity index (χ4v) is 9.16. The number of benzene rings is 7. The molecule has 0 unspecified atom stereocenters. The van der Waals surface area contributed by atoms with Gasteiger partial charge in [0.25, 0.3) is 0 Å². The molecule has 0 spiro atoms. The molecule has 0 saturated heterocycles. The second-order valence-corrected chi connectivity index (χ2v) is 14.6. The van der Waals surface area contributed by atoms with Crippen LogP contribution in [0.3, 0.4) is 0 Å². The Morgan fingerprint density at radius 1 is 0.300 bits per heavy atom. The summed E-state index contributed by atoms with van der Waals surface area (Å²) in [6.07, 6.45) is 0. The van der Waals surface area contributed by atoms with E-state index in [9.17, 15) is 0 Å². The Hall–Kier alpha value is -6.01. The predicted molar refractivity (Wildman–Crippen MR) is 213 cm³/mol. The van der Waals surface area contributed by atoms with Gasteiger partial charge in [-0.3, -0.25) is 0 Å². The number of nitrogens with zero attached hydrogens (tertiary/aromatic N) is 3. The van der Waals surface area contributed by atoms with Crippen molar-refractivity contribution in [1.29, 1.82) is 0 Å². The van der Waals surface area contributed by atoms with Crippen molar-refractivity contribution >= 4 is 63.0 Å². The molecule has 0 bridgehead atoms. The molecule has 0 atom stereocenters. The standard InChI is InChI=1S/C45H27N3S2/c1-2-10-28(11-3-1)31-12-8-13-32(26-31)29-20-22-30(23-21-29)43-46-44(33-24-25-41-38(27-33)35-15-5-6-18-39(35)49-41)48-45(47-43)37-17-9-16-36-34-14-4-7-19-40(34)50-42(36)37/h1-27H. The molecule has 3 nitrogen and oxygen atoms in total. The van der Waals surface area contributed by atoms with Crippen LogP contribution in [-0.4, -0.2) is 15.0 Å². The molecule has 0 saturated carbocycles. The van der Waals surface area contributed by atoms with Crippen LogP contribution in [-0.2, 0) is 0 Å². The lowest BCUT2D eigenvalue weighted by Gasteiger charge is -2.10. The summed E-state index contributed by atoms with van der Waals surface area (Å²) in [4.78, 5) is 15.5. The number of hydrogen-bond donors (Lipinski definition) is 0. The third-order valence-electron chi connectivity index (χ3n) is 9.36. The minimum absolute atomic E-state index is 0.656. The van der Waals surface area contributed by atoms with Crippen LogP contribution in [0.2, 0.25) is 0 Å². The normalized spacial score (nSPS) is 11.6. The van der Waals surface area contributed by atoms with Crippen LogP contribution in [0.4, 0.5) is 0 Å². The van der Waals surface area contributed by atoms with Crippen LogP contribution in [0.25, 0.3) is 96.8 Å². The van der Waals surface area contributed by atoms with Gasteiger partial charge in [0.1, 0.15) is 0 Å². The first kappa shape index (κ1) is 29.0. The number of thiophene rings is 2. The first-order valence-electron chi connectivity index (χ1n) is 16.6. The maximum atomic E-state index is 5.18. The maximum Gasteiger partial charge on any atom is 0.165 e. The molecule has 0 aliphatic heterocycles. The van der Waals surface area contributed by atoms with Crippen molar-refractivity contribution in [3.05, 3.63) is 164 Å². The summed E-state index contributed by atoms with van der Waals surface area (Å²) in [5.41, 5.74) is 7.66. The molecule has 0 aliphatic carbocycles. The quantitative estimate of drug-likeness (QED) is 0.182. The lowest BCUT2D eigenvalue weighted by molar-refractivity contribution is 1.08. The third-order valence-corrected chi connectivity index (χ3v) is 11.7. The highest BCUT2D eigenvalue weighted by Gasteiger charge is 2.17. The molecule has 0 aliphatic rings. The number of rotatable bonds is 5. The van der Waals surface area contributed by atoms with Gasteiger partial charge in [0.2, 0.25) is 0 Å². The van der Waals surface area contributed by atoms with Crippen LogP contribution in [0.5, 0.6) is 0 Å². The van der Waals surface area contributed by atoms with Gasteiger partial charge in [-0.1, -0.05) is 121 Å². The van der Waals surface area contributed by atoms with Crippen molar-refractivity contribution in [2.75, 3.05) is 0 Å². The monoisotopic (exact) mass is 673 g/mol. The second kappa shape index (κ2) is 11.8. The Bertz CT molecular complexity index is 2870. The van der Waals surface area contributed by atoms with E-state index in [4.69, 9.17) is 15.0 Å². The molecule has 5 heteroatoms. The summed E-state index contributed by atoms with van der Waals surface area (Å²) >= 11 is 3.61. The molecule has 3 heterocycles. The molecular weight excluding hydrogens is 647 g/mol. The number of aromatic nitrogens is 3. The van der Waals surface area contributed by atoms with Gasteiger partial charge in [0.15, 0.2) is 17.5 Å². The van der Waals surface area contributed by atoms with Crippen LogP contribution < -0.4 is 0 Å². The predicted octanol–water partition coefficient (Wildman–Crippen LogP) is 12.9. The molecule has 3 aromatic heterocycles. The largest absolute Gasteiger partial charge is 0.208 e. The average Bonchev–Trinajstić information content (AvgIpc) is 3.76. The Balaban J connectivity index is 1.12.